The first-order chi connectivity index (χ1) is 12.5. The van der Waals surface area contributed by atoms with Gasteiger partial charge >= 0.3 is 0 Å². The number of aromatic nitrogens is 4. The number of carbonyl (C=O) groups is 1. The first kappa shape index (κ1) is 18.1. The van der Waals surface area contributed by atoms with Crippen LogP contribution in [0.1, 0.15) is 24.9 Å². The van der Waals surface area contributed by atoms with Gasteiger partial charge in [-0.25, -0.2) is 0 Å². The molecule has 0 fully saturated rings. The van der Waals surface area contributed by atoms with E-state index in [1.165, 1.54) is 4.80 Å². The lowest BCUT2D eigenvalue weighted by Gasteiger charge is -2.22. The van der Waals surface area contributed by atoms with Gasteiger partial charge in [-0.2, -0.15) is 4.80 Å². The highest BCUT2D eigenvalue weighted by atomic mass is 35.5. The van der Waals surface area contributed by atoms with Crippen LogP contribution in [0.15, 0.2) is 48.5 Å². The Morgan fingerprint density at radius 3 is 2.62 bits per heavy atom. The number of hydrogen-bond donors (Lipinski definition) is 0. The average molecular weight is 370 g/mol. The Balaban J connectivity index is 1.84. The van der Waals surface area contributed by atoms with E-state index in [1.54, 1.807) is 24.1 Å². The molecule has 2 aromatic carbocycles. The molecule has 26 heavy (non-hydrogen) atoms. The molecule has 0 aliphatic rings. The summed E-state index contributed by atoms with van der Waals surface area (Å²) >= 11 is 5.91. The fourth-order valence-corrected chi connectivity index (χ4v) is 2.82. The van der Waals surface area contributed by atoms with Crippen molar-refractivity contribution in [2.24, 2.45) is 0 Å². The molecule has 134 valence electrons. The van der Waals surface area contributed by atoms with E-state index in [9.17, 15) is 4.79 Å². The van der Waals surface area contributed by atoms with Crippen LogP contribution in [-0.2, 0) is 4.79 Å². The lowest BCUT2D eigenvalue weighted by atomic mass is 10.1. The van der Waals surface area contributed by atoms with Crippen molar-refractivity contribution in [3.05, 3.63) is 59.1 Å². The van der Waals surface area contributed by atoms with Crippen molar-refractivity contribution in [1.29, 1.82) is 0 Å². The van der Waals surface area contributed by atoms with Gasteiger partial charge in [0.05, 0.1) is 0 Å². The normalized spacial score (nSPS) is 12.0. The Morgan fingerprint density at radius 1 is 1.23 bits per heavy atom. The molecule has 3 rings (SSSR count). The smallest absolute Gasteiger partial charge is 0.253 e. The first-order valence-electron chi connectivity index (χ1n) is 8.39. The predicted octanol–water partition coefficient (Wildman–Crippen LogP) is 3.92. The van der Waals surface area contributed by atoms with Crippen molar-refractivity contribution >= 4 is 23.2 Å². The Hall–Kier alpha value is -2.73. The largest absolute Gasteiger partial charge is 0.314 e. The number of tetrazole rings is 1. The predicted molar refractivity (Wildman–Crippen MR) is 102 cm³/mol. The fraction of sp³-hybridized carbons (Fsp3) is 0.263. The maximum atomic E-state index is 13.0. The third kappa shape index (κ3) is 3.75. The van der Waals surface area contributed by atoms with Gasteiger partial charge in [-0.05, 0) is 60.5 Å². The van der Waals surface area contributed by atoms with E-state index in [0.717, 1.165) is 16.8 Å². The number of benzene rings is 2. The van der Waals surface area contributed by atoms with Crippen molar-refractivity contribution in [2.45, 2.75) is 26.3 Å². The molecule has 1 atom stereocenters. The second-order valence-corrected chi connectivity index (χ2v) is 6.54. The molecule has 0 saturated heterocycles. The first-order valence-corrected chi connectivity index (χ1v) is 8.77. The van der Waals surface area contributed by atoms with Gasteiger partial charge in [0.1, 0.15) is 0 Å². The molecule has 0 aliphatic heterocycles. The van der Waals surface area contributed by atoms with Gasteiger partial charge in [-0.15, -0.1) is 10.2 Å². The standard InChI is InChI=1S/C19H20ClN5O/c1-4-17(19(26)24(3)16-7-5-6-13(2)12-16)25-22-18(21-23-25)14-8-10-15(20)11-9-14/h5-12,17H,4H2,1-3H3. The molecule has 1 heterocycles. The number of hydrogen-bond acceptors (Lipinski definition) is 4. The number of anilines is 1. The zero-order chi connectivity index (χ0) is 18.7. The molecule has 0 saturated carbocycles. The quantitative estimate of drug-likeness (QED) is 0.683. The van der Waals surface area contributed by atoms with Gasteiger partial charge in [0.25, 0.3) is 5.91 Å². The molecule has 0 radical (unpaired) electrons. The van der Waals surface area contributed by atoms with Crippen molar-refractivity contribution in [2.75, 3.05) is 11.9 Å². The second-order valence-electron chi connectivity index (χ2n) is 6.10. The number of aryl methyl sites for hydroxylation is 1. The van der Waals surface area contributed by atoms with Gasteiger partial charge in [-0.1, -0.05) is 30.7 Å². The summed E-state index contributed by atoms with van der Waals surface area (Å²) in [7, 11) is 1.76. The lowest BCUT2D eigenvalue weighted by Crippen LogP contribution is -2.35. The topological polar surface area (TPSA) is 63.9 Å². The monoisotopic (exact) mass is 369 g/mol. The molecule has 0 N–H and O–H groups in total. The molecule has 0 spiro atoms. The van der Waals surface area contributed by atoms with Crippen molar-refractivity contribution < 1.29 is 4.79 Å². The van der Waals surface area contributed by atoms with E-state index < -0.39 is 6.04 Å². The van der Waals surface area contributed by atoms with Gasteiger partial charge in [0.2, 0.25) is 5.82 Å². The van der Waals surface area contributed by atoms with E-state index >= 15 is 0 Å². The van der Waals surface area contributed by atoms with Crippen molar-refractivity contribution in [3.8, 4) is 11.4 Å². The van der Waals surface area contributed by atoms with Crippen LogP contribution < -0.4 is 4.90 Å². The molecule has 1 unspecified atom stereocenters. The van der Waals surface area contributed by atoms with E-state index in [-0.39, 0.29) is 5.91 Å². The highest BCUT2D eigenvalue weighted by Gasteiger charge is 2.26. The number of nitrogens with zero attached hydrogens (tertiary/aromatic N) is 5. The summed E-state index contributed by atoms with van der Waals surface area (Å²) in [6, 6.07) is 14.5. The van der Waals surface area contributed by atoms with Crippen LogP contribution >= 0.6 is 11.6 Å². The zero-order valence-electron chi connectivity index (χ0n) is 14.9. The summed E-state index contributed by atoms with van der Waals surface area (Å²) in [4.78, 5) is 16.0. The third-order valence-corrected chi connectivity index (χ3v) is 4.45. The van der Waals surface area contributed by atoms with Crippen molar-refractivity contribution in [3.63, 3.8) is 0 Å². The molecule has 6 nitrogen and oxygen atoms in total. The zero-order valence-corrected chi connectivity index (χ0v) is 15.7. The summed E-state index contributed by atoms with van der Waals surface area (Å²) in [5.74, 6) is 0.379. The van der Waals surface area contributed by atoms with Crippen molar-refractivity contribution in [1.82, 2.24) is 20.2 Å². The number of amides is 1. The molecule has 1 aromatic heterocycles. The van der Waals surface area contributed by atoms with Gasteiger partial charge < -0.3 is 4.90 Å². The third-order valence-electron chi connectivity index (χ3n) is 4.20. The van der Waals surface area contributed by atoms with Crippen LogP contribution in [0, 0.1) is 6.92 Å². The minimum Gasteiger partial charge on any atom is -0.314 e. The Kier molecular flexibility index (Phi) is 5.32. The second kappa shape index (κ2) is 7.66. The summed E-state index contributed by atoms with van der Waals surface area (Å²) < 4.78 is 0. The summed E-state index contributed by atoms with van der Waals surface area (Å²) in [5.41, 5.74) is 2.74. The summed E-state index contributed by atoms with van der Waals surface area (Å²) in [6.45, 7) is 3.93. The maximum Gasteiger partial charge on any atom is 0.253 e. The molecule has 3 aromatic rings. The Bertz CT molecular complexity index is 906. The van der Waals surface area contributed by atoms with E-state index in [1.807, 2.05) is 50.2 Å². The Morgan fingerprint density at radius 2 is 1.96 bits per heavy atom. The fourth-order valence-electron chi connectivity index (χ4n) is 2.70. The van der Waals surface area contributed by atoms with E-state index in [4.69, 9.17) is 11.6 Å². The minimum atomic E-state index is -0.519. The number of likely N-dealkylation sites (N-methyl/N-ethyl adjacent to an activating group) is 1. The SMILES string of the molecule is CCC(C(=O)N(C)c1cccc(C)c1)n1nnc(-c2ccc(Cl)cc2)n1. The molecule has 1 amide bonds. The van der Waals surface area contributed by atoms with Gasteiger partial charge in [0.15, 0.2) is 6.04 Å². The van der Waals surface area contributed by atoms with Gasteiger partial charge in [-0.3, -0.25) is 4.79 Å². The average Bonchev–Trinajstić information content (AvgIpc) is 3.12. The number of carbonyl (C=O) groups excluding carboxylic acids is 1. The van der Waals surface area contributed by atoms with E-state index in [2.05, 4.69) is 15.4 Å². The minimum absolute atomic E-state index is 0.0850. The highest BCUT2D eigenvalue weighted by molar-refractivity contribution is 6.30. The lowest BCUT2D eigenvalue weighted by molar-refractivity contribution is -0.122. The molecule has 0 aliphatic carbocycles. The molecular formula is C19H20ClN5O. The molecule has 7 heteroatoms. The highest BCUT2D eigenvalue weighted by Crippen LogP contribution is 2.22. The van der Waals surface area contributed by atoms with Crippen LogP contribution in [-0.4, -0.2) is 33.2 Å². The van der Waals surface area contributed by atoms with Crippen LogP contribution in [0.2, 0.25) is 5.02 Å². The van der Waals surface area contributed by atoms with Crippen LogP contribution in [0.3, 0.4) is 0 Å². The number of halogens is 1. The maximum absolute atomic E-state index is 13.0. The summed E-state index contributed by atoms with van der Waals surface area (Å²) in [6.07, 6.45) is 0.561. The molecule has 0 bridgehead atoms. The molecular weight excluding hydrogens is 350 g/mol. The Labute approximate surface area is 157 Å². The van der Waals surface area contributed by atoms with Crippen LogP contribution in [0.5, 0.6) is 0 Å². The van der Waals surface area contributed by atoms with Crippen LogP contribution in [0.4, 0.5) is 5.69 Å². The van der Waals surface area contributed by atoms with Crippen LogP contribution in [0.25, 0.3) is 11.4 Å². The van der Waals surface area contributed by atoms with Gasteiger partial charge in [0, 0.05) is 23.3 Å². The van der Waals surface area contributed by atoms with E-state index in [0.29, 0.717) is 17.3 Å². The summed E-state index contributed by atoms with van der Waals surface area (Å²) in [5, 5.41) is 13.2. The number of rotatable bonds is 5.